The highest BCUT2D eigenvalue weighted by Gasteiger charge is 2.11. The number of phenolic OH excluding ortho intramolecular Hbond substituents is 1. The molecular weight excluding hydrogens is 348 g/mol. The molecule has 0 saturated heterocycles. The van der Waals surface area contributed by atoms with Gasteiger partial charge in [0.15, 0.2) is 0 Å². The van der Waals surface area contributed by atoms with Gasteiger partial charge in [-0.3, -0.25) is 4.99 Å². The summed E-state index contributed by atoms with van der Waals surface area (Å²) in [7, 11) is 0. The zero-order chi connectivity index (χ0) is 19.5. The highest BCUT2D eigenvalue weighted by atomic mass is 35.5. The summed E-state index contributed by atoms with van der Waals surface area (Å²) in [5.41, 5.74) is 2.59. The Labute approximate surface area is 161 Å². The Kier molecular flexibility index (Phi) is 9.45. The Bertz CT molecular complexity index is 757. The molecule has 0 spiro atoms. The van der Waals surface area contributed by atoms with Gasteiger partial charge in [0.05, 0.1) is 28.6 Å². The van der Waals surface area contributed by atoms with Gasteiger partial charge in [-0.15, -0.1) is 0 Å². The lowest BCUT2D eigenvalue weighted by atomic mass is 10.1. The van der Waals surface area contributed by atoms with E-state index in [4.69, 9.17) is 16.3 Å². The number of pyridine rings is 1. The number of unbranched alkanes of at least 4 members (excludes halogenated alkanes) is 1. The minimum absolute atomic E-state index is 0.00753. The van der Waals surface area contributed by atoms with Crippen molar-refractivity contribution in [2.24, 2.45) is 4.99 Å². The molecule has 140 valence electrons. The summed E-state index contributed by atoms with van der Waals surface area (Å²) in [6, 6.07) is 8.74. The van der Waals surface area contributed by atoms with Gasteiger partial charge in [0, 0.05) is 11.8 Å². The number of benzene rings is 1. The van der Waals surface area contributed by atoms with Crippen molar-refractivity contribution >= 4 is 23.0 Å². The third-order valence-electron chi connectivity index (χ3n) is 3.49. The number of ether oxygens (including phenoxy) is 1. The molecule has 0 aliphatic rings. The Balaban J connectivity index is 0.00000163. The van der Waals surface area contributed by atoms with Crippen molar-refractivity contribution in [2.45, 2.75) is 40.5 Å². The second-order valence-corrected chi connectivity index (χ2v) is 5.72. The third-order valence-corrected chi connectivity index (χ3v) is 3.89. The lowest BCUT2D eigenvalue weighted by molar-refractivity contribution is 0.297. The van der Waals surface area contributed by atoms with E-state index in [2.05, 4.69) is 23.5 Å². The summed E-state index contributed by atoms with van der Waals surface area (Å²) in [6.07, 6.45) is 3.72. The van der Waals surface area contributed by atoms with Crippen molar-refractivity contribution < 1.29 is 9.84 Å². The first kappa shape index (κ1) is 21.7. The zero-order valence-corrected chi connectivity index (χ0v) is 16.7. The average Bonchev–Trinajstić information content (AvgIpc) is 2.66. The number of rotatable bonds is 7. The van der Waals surface area contributed by atoms with Crippen LogP contribution in [0.15, 0.2) is 48.1 Å². The van der Waals surface area contributed by atoms with E-state index < -0.39 is 0 Å². The molecule has 0 bridgehead atoms. The second-order valence-electron chi connectivity index (χ2n) is 5.34. The predicted octanol–water partition coefficient (Wildman–Crippen LogP) is 6.13. The maximum Gasteiger partial charge on any atom is 0.222 e. The fourth-order valence-corrected chi connectivity index (χ4v) is 2.39. The molecule has 0 unspecified atom stereocenters. The lowest BCUT2D eigenvalue weighted by Crippen LogP contribution is -2.05. The van der Waals surface area contributed by atoms with Crippen LogP contribution in [0.5, 0.6) is 11.6 Å². The van der Waals surface area contributed by atoms with Crippen molar-refractivity contribution in [1.82, 2.24) is 4.98 Å². The minimum Gasteiger partial charge on any atom is -0.506 e. The van der Waals surface area contributed by atoms with E-state index in [0.29, 0.717) is 23.7 Å². The number of hydrogen-bond acceptors (Lipinski definition) is 4. The lowest BCUT2D eigenvalue weighted by Gasteiger charge is -2.11. The van der Waals surface area contributed by atoms with Gasteiger partial charge in [0.1, 0.15) is 5.75 Å². The minimum atomic E-state index is 0.00753. The Morgan fingerprint density at radius 2 is 1.92 bits per heavy atom. The van der Waals surface area contributed by atoms with Gasteiger partial charge in [0.2, 0.25) is 5.88 Å². The van der Waals surface area contributed by atoms with Gasteiger partial charge in [0.25, 0.3) is 0 Å². The number of aromatic hydroxyl groups is 1. The molecule has 0 amide bonds. The maximum absolute atomic E-state index is 9.71. The Morgan fingerprint density at radius 3 is 2.62 bits per heavy atom. The molecule has 1 N–H and O–H groups in total. The Hall–Kier alpha value is -2.33. The van der Waals surface area contributed by atoms with Crippen molar-refractivity contribution in [3.8, 4) is 11.6 Å². The SMILES string of the molecule is C=C(N=C(C)c1cccnc1OCCCC)c1cccc(O)c1Cl.CC. The third kappa shape index (κ3) is 5.88. The highest BCUT2D eigenvalue weighted by molar-refractivity contribution is 6.33. The molecule has 2 aromatic rings. The standard InChI is InChI=1S/C19H21ClN2O2.C2H6/c1-4-5-12-24-19-16(9-7-11-21-19)14(3)22-13(2)15-8-6-10-17(23)18(15)20;1-2/h6-11,23H,2,4-5,12H2,1,3H3;1-2H3. The van der Waals surface area contributed by atoms with Crippen molar-refractivity contribution in [3.63, 3.8) is 0 Å². The smallest absolute Gasteiger partial charge is 0.222 e. The molecule has 26 heavy (non-hydrogen) atoms. The van der Waals surface area contributed by atoms with Crippen LogP contribution in [0.25, 0.3) is 5.70 Å². The van der Waals surface area contributed by atoms with Gasteiger partial charge in [-0.05, 0) is 31.5 Å². The number of aromatic nitrogens is 1. The van der Waals surface area contributed by atoms with Crippen LogP contribution in [0, 0.1) is 0 Å². The molecule has 2 rings (SSSR count). The van der Waals surface area contributed by atoms with Crippen LogP contribution in [-0.4, -0.2) is 22.4 Å². The normalized spacial score (nSPS) is 10.7. The van der Waals surface area contributed by atoms with Crippen LogP contribution in [0.3, 0.4) is 0 Å². The summed E-state index contributed by atoms with van der Waals surface area (Å²) in [6.45, 7) is 12.5. The number of hydrogen-bond donors (Lipinski definition) is 1. The molecule has 5 heteroatoms. The quantitative estimate of drug-likeness (QED) is 0.468. The molecule has 1 aromatic heterocycles. The molecule has 0 saturated carbocycles. The second kappa shape index (κ2) is 11.3. The highest BCUT2D eigenvalue weighted by Crippen LogP contribution is 2.31. The van der Waals surface area contributed by atoms with Crippen LogP contribution in [-0.2, 0) is 0 Å². The number of aliphatic imine (C=N–C) groups is 1. The average molecular weight is 375 g/mol. The van der Waals surface area contributed by atoms with Crippen LogP contribution in [0.4, 0.5) is 0 Å². The maximum atomic E-state index is 9.71. The molecule has 0 atom stereocenters. The summed E-state index contributed by atoms with van der Waals surface area (Å²) in [5, 5.41) is 9.95. The number of phenols is 1. The molecule has 1 heterocycles. The van der Waals surface area contributed by atoms with Crippen molar-refractivity contribution in [3.05, 3.63) is 59.3 Å². The molecule has 0 aliphatic heterocycles. The summed E-state index contributed by atoms with van der Waals surface area (Å²) >= 11 is 6.12. The zero-order valence-electron chi connectivity index (χ0n) is 15.9. The van der Waals surface area contributed by atoms with E-state index in [1.165, 1.54) is 6.07 Å². The van der Waals surface area contributed by atoms with Gasteiger partial charge in [-0.25, -0.2) is 4.98 Å². The number of nitrogens with zero attached hydrogens (tertiary/aromatic N) is 2. The Morgan fingerprint density at radius 1 is 1.23 bits per heavy atom. The van der Waals surface area contributed by atoms with E-state index in [1.807, 2.05) is 32.9 Å². The number of halogens is 1. The fourth-order valence-electron chi connectivity index (χ4n) is 2.16. The van der Waals surface area contributed by atoms with E-state index in [1.54, 1.807) is 18.3 Å². The van der Waals surface area contributed by atoms with Gasteiger partial charge in [-0.2, -0.15) is 0 Å². The summed E-state index contributed by atoms with van der Waals surface area (Å²) in [4.78, 5) is 8.80. The first-order valence-electron chi connectivity index (χ1n) is 8.84. The van der Waals surface area contributed by atoms with Crippen LogP contribution in [0.2, 0.25) is 5.02 Å². The monoisotopic (exact) mass is 374 g/mol. The van der Waals surface area contributed by atoms with E-state index >= 15 is 0 Å². The van der Waals surface area contributed by atoms with E-state index in [-0.39, 0.29) is 10.8 Å². The molecule has 1 aromatic carbocycles. The molecule has 0 radical (unpaired) electrons. The summed E-state index contributed by atoms with van der Waals surface area (Å²) in [5.74, 6) is 0.565. The predicted molar refractivity (Wildman–Crippen MR) is 110 cm³/mol. The van der Waals surface area contributed by atoms with Crippen LogP contribution in [0.1, 0.15) is 51.7 Å². The van der Waals surface area contributed by atoms with Gasteiger partial charge >= 0.3 is 0 Å². The van der Waals surface area contributed by atoms with E-state index in [9.17, 15) is 5.11 Å². The summed E-state index contributed by atoms with van der Waals surface area (Å²) < 4.78 is 5.74. The molecule has 0 fully saturated rings. The molecule has 4 nitrogen and oxygen atoms in total. The first-order chi connectivity index (χ1) is 12.5. The largest absolute Gasteiger partial charge is 0.506 e. The van der Waals surface area contributed by atoms with Crippen molar-refractivity contribution in [1.29, 1.82) is 0 Å². The van der Waals surface area contributed by atoms with Gasteiger partial charge < -0.3 is 9.84 Å². The fraction of sp³-hybridized carbons (Fsp3) is 0.333. The van der Waals surface area contributed by atoms with Crippen molar-refractivity contribution in [2.75, 3.05) is 6.61 Å². The topological polar surface area (TPSA) is 54.7 Å². The van der Waals surface area contributed by atoms with Gasteiger partial charge in [-0.1, -0.05) is 57.5 Å². The first-order valence-corrected chi connectivity index (χ1v) is 9.22. The molecular formula is C21H27ClN2O2. The van der Waals surface area contributed by atoms with Crippen LogP contribution < -0.4 is 4.74 Å². The van der Waals surface area contributed by atoms with Crippen LogP contribution >= 0.6 is 11.6 Å². The van der Waals surface area contributed by atoms with E-state index in [0.717, 1.165) is 24.1 Å². The molecule has 0 aliphatic carbocycles.